The summed E-state index contributed by atoms with van der Waals surface area (Å²) in [6.45, 7) is 6.14. The molecule has 1 amide bonds. The predicted octanol–water partition coefficient (Wildman–Crippen LogP) is 6.46. The van der Waals surface area contributed by atoms with Crippen molar-refractivity contribution in [3.8, 4) is 5.75 Å². The van der Waals surface area contributed by atoms with Gasteiger partial charge in [0.25, 0.3) is 5.91 Å². The van der Waals surface area contributed by atoms with Crippen LogP contribution >= 0.6 is 0 Å². The van der Waals surface area contributed by atoms with Crippen molar-refractivity contribution >= 4 is 16.8 Å². The Morgan fingerprint density at radius 1 is 0.791 bits per heavy atom. The Labute approximate surface area is 250 Å². The lowest BCUT2D eigenvalue weighted by Crippen LogP contribution is -2.48. The molecular weight excluding hydrogens is 553 g/mol. The van der Waals surface area contributed by atoms with Crippen molar-refractivity contribution in [3.05, 3.63) is 101 Å². The number of halogens is 3. The number of benzene rings is 3. The summed E-state index contributed by atoms with van der Waals surface area (Å²) in [4.78, 5) is 19.9. The Kier molecular flexibility index (Phi) is 8.45. The monoisotopic (exact) mass is 590 g/mol. The minimum atomic E-state index is -4.33. The van der Waals surface area contributed by atoms with Crippen molar-refractivity contribution in [1.82, 2.24) is 19.3 Å². The fourth-order valence-corrected chi connectivity index (χ4v) is 6.31. The molecule has 3 heterocycles. The topological polar surface area (TPSA) is 41.0 Å². The van der Waals surface area contributed by atoms with E-state index in [0.29, 0.717) is 44.3 Å². The second-order valence-corrected chi connectivity index (χ2v) is 11.6. The van der Waals surface area contributed by atoms with Crippen LogP contribution in [0.3, 0.4) is 0 Å². The number of carbonyl (C=O) groups excluding carboxylic acids is 1. The summed E-state index contributed by atoms with van der Waals surface area (Å²) < 4.78 is 46.2. The molecule has 2 fully saturated rings. The molecule has 0 radical (unpaired) electrons. The van der Waals surface area contributed by atoms with Gasteiger partial charge >= 0.3 is 6.18 Å². The number of carbonyl (C=O) groups is 1. The summed E-state index contributed by atoms with van der Waals surface area (Å²) in [6.07, 6.45) is -0.00967. The van der Waals surface area contributed by atoms with Crippen LogP contribution in [0.4, 0.5) is 13.2 Å². The van der Waals surface area contributed by atoms with Crippen molar-refractivity contribution in [2.45, 2.75) is 38.1 Å². The van der Waals surface area contributed by atoms with Gasteiger partial charge in [-0.2, -0.15) is 13.2 Å². The van der Waals surface area contributed by atoms with Crippen LogP contribution in [0.1, 0.15) is 45.9 Å². The zero-order chi connectivity index (χ0) is 30.0. The van der Waals surface area contributed by atoms with E-state index in [1.165, 1.54) is 17.7 Å². The Morgan fingerprint density at radius 3 is 2.00 bits per heavy atom. The third-order valence-electron chi connectivity index (χ3n) is 8.83. The molecule has 0 atom stereocenters. The molecule has 6 rings (SSSR count). The largest absolute Gasteiger partial charge is 0.497 e. The summed E-state index contributed by atoms with van der Waals surface area (Å²) in [5, 5.41) is 1.08. The van der Waals surface area contributed by atoms with E-state index in [0.717, 1.165) is 66.8 Å². The van der Waals surface area contributed by atoms with Crippen molar-refractivity contribution < 1.29 is 22.7 Å². The van der Waals surface area contributed by atoms with E-state index in [2.05, 4.69) is 44.8 Å². The van der Waals surface area contributed by atoms with E-state index in [9.17, 15) is 18.0 Å². The van der Waals surface area contributed by atoms with E-state index < -0.39 is 11.7 Å². The van der Waals surface area contributed by atoms with E-state index in [-0.39, 0.29) is 5.91 Å². The smallest absolute Gasteiger partial charge is 0.416 e. The lowest BCUT2D eigenvalue weighted by molar-refractivity contribution is -0.137. The van der Waals surface area contributed by atoms with Gasteiger partial charge < -0.3 is 14.2 Å². The maximum Gasteiger partial charge on any atom is 0.416 e. The van der Waals surface area contributed by atoms with E-state index >= 15 is 0 Å². The molecular formula is C34H37F3N4O2. The van der Waals surface area contributed by atoms with Gasteiger partial charge in [-0.15, -0.1) is 0 Å². The second kappa shape index (κ2) is 12.4. The second-order valence-electron chi connectivity index (χ2n) is 11.6. The fourth-order valence-electron chi connectivity index (χ4n) is 6.31. The highest BCUT2D eigenvalue weighted by molar-refractivity contribution is 5.98. The maximum atomic E-state index is 13.4. The molecule has 2 aliphatic rings. The molecule has 6 nitrogen and oxygen atoms in total. The van der Waals surface area contributed by atoms with Gasteiger partial charge in [-0.05, 0) is 72.5 Å². The van der Waals surface area contributed by atoms with Gasteiger partial charge in [-0.25, -0.2) is 0 Å². The first-order valence-corrected chi connectivity index (χ1v) is 14.9. The minimum absolute atomic E-state index is 0.0238. The number of aromatic nitrogens is 1. The van der Waals surface area contributed by atoms with Crippen LogP contribution < -0.4 is 4.74 Å². The summed E-state index contributed by atoms with van der Waals surface area (Å²) in [5.41, 5.74) is 3.35. The van der Waals surface area contributed by atoms with Gasteiger partial charge in [-0.1, -0.05) is 24.3 Å². The van der Waals surface area contributed by atoms with E-state index in [4.69, 9.17) is 4.74 Å². The number of nitrogens with zero attached hydrogens (tertiary/aromatic N) is 4. The molecule has 0 aliphatic carbocycles. The van der Waals surface area contributed by atoms with Gasteiger partial charge in [0.1, 0.15) is 5.75 Å². The highest BCUT2D eigenvalue weighted by Gasteiger charge is 2.30. The number of fused-ring (bicyclic) bond motifs is 1. The number of alkyl halides is 3. The van der Waals surface area contributed by atoms with Crippen molar-refractivity contribution in [2.75, 3.05) is 46.4 Å². The lowest BCUT2D eigenvalue weighted by Gasteiger charge is -2.35. The first kappa shape index (κ1) is 29.3. The zero-order valence-corrected chi connectivity index (χ0v) is 24.4. The molecule has 9 heteroatoms. The first-order chi connectivity index (χ1) is 20.8. The fraction of sp³-hybridized carbons (Fsp3) is 0.382. The zero-order valence-electron chi connectivity index (χ0n) is 24.4. The van der Waals surface area contributed by atoms with Crippen LogP contribution in [0.2, 0.25) is 0 Å². The Bertz CT molecular complexity index is 1530. The van der Waals surface area contributed by atoms with Gasteiger partial charge in [0.15, 0.2) is 0 Å². The predicted molar refractivity (Wildman–Crippen MR) is 161 cm³/mol. The number of piperidine rings is 1. The molecule has 1 aromatic heterocycles. The number of amides is 1. The highest BCUT2D eigenvalue weighted by Crippen LogP contribution is 2.31. The number of likely N-dealkylation sites (tertiary alicyclic amines) is 1. The molecule has 43 heavy (non-hydrogen) atoms. The number of methoxy groups -OCH3 is 1. The van der Waals surface area contributed by atoms with E-state index in [1.54, 1.807) is 7.11 Å². The SMILES string of the molecule is COc1ccc(CN2CCC(n3ccc4cc(C(=O)N5CCN(Cc6ccc(C(F)(F)F)cc6)CC5)ccc43)CC2)cc1. The summed E-state index contributed by atoms with van der Waals surface area (Å²) in [7, 11) is 1.69. The molecule has 0 spiro atoms. The Hall–Kier alpha value is -3.82. The standard InChI is InChI=1S/C34H37F3N4O2/c1-43-31-9-4-26(5-10-31)23-38-15-13-30(14-16-38)41-17-12-27-22-28(6-11-32(27)41)33(42)40-20-18-39(19-21-40)24-25-2-7-29(8-3-25)34(35,36)37/h2-12,17,22,30H,13-16,18-21,23-24H2,1H3. The summed E-state index contributed by atoms with van der Waals surface area (Å²) >= 11 is 0. The Balaban J connectivity index is 1.01. The van der Waals surface area contributed by atoms with Crippen molar-refractivity contribution in [3.63, 3.8) is 0 Å². The molecule has 4 aromatic rings. The number of rotatable bonds is 7. The normalized spacial score (nSPS) is 17.4. The quantitative estimate of drug-likeness (QED) is 0.248. The van der Waals surface area contributed by atoms with Crippen LogP contribution in [0.25, 0.3) is 10.9 Å². The highest BCUT2D eigenvalue weighted by atomic mass is 19.4. The third-order valence-corrected chi connectivity index (χ3v) is 8.83. The van der Waals surface area contributed by atoms with Crippen LogP contribution in [-0.2, 0) is 19.3 Å². The minimum Gasteiger partial charge on any atom is -0.497 e. The average Bonchev–Trinajstić information content (AvgIpc) is 3.45. The molecule has 0 unspecified atom stereocenters. The van der Waals surface area contributed by atoms with E-state index in [1.807, 2.05) is 29.2 Å². The Morgan fingerprint density at radius 2 is 1.40 bits per heavy atom. The average molecular weight is 591 g/mol. The van der Waals surface area contributed by atoms with Gasteiger partial charge in [0.05, 0.1) is 12.7 Å². The van der Waals surface area contributed by atoms with Gasteiger partial charge in [0.2, 0.25) is 0 Å². The molecule has 226 valence electrons. The number of hydrogen-bond acceptors (Lipinski definition) is 4. The maximum absolute atomic E-state index is 13.4. The summed E-state index contributed by atoms with van der Waals surface area (Å²) in [6, 6.07) is 22.2. The van der Waals surface area contributed by atoms with Crippen LogP contribution in [-0.4, -0.2) is 71.6 Å². The molecule has 0 bridgehead atoms. The summed E-state index contributed by atoms with van der Waals surface area (Å²) in [5.74, 6) is 0.903. The lowest BCUT2D eigenvalue weighted by atomic mass is 10.0. The first-order valence-electron chi connectivity index (χ1n) is 14.9. The van der Waals surface area contributed by atoms with Gasteiger partial charge in [0, 0.05) is 81.1 Å². The van der Waals surface area contributed by atoms with Crippen LogP contribution in [0.15, 0.2) is 79.0 Å². The number of piperazine rings is 1. The molecule has 2 aliphatic heterocycles. The van der Waals surface area contributed by atoms with Crippen LogP contribution in [0.5, 0.6) is 5.75 Å². The third kappa shape index (κ3) is 6.73. The molecule has 2 saturated heterocycles. The van der Waals surface area contributed by atoms with Gasteiger partial charge in [-0.3, -0.25) is 14.6 Å². The molecule has 0 N–H and O–H groups in total. The van der Waals surface area contributed by atoms with Crippen molar-refractivity contribution in [2.24, 2.45) is 0 Å². The molecule has 3 aromatic carbocycles. The number of ether oxygens (including phenoxy) is 1. The van der Waals surface area contributed by atoms with Crippen molar-refractivity contribution in [1.29, 1.82) is 0 Å². The number of hydrogen-bond donors (Lipinski definition) is 0. The van der Waals surface area contributed by atoms with Crippen LogP contribution in [0, 0.1) is 0 Å². The molecule has 0 saturated carbocycles.